The Kier molecular flexibility index (Phi) is 7.17. The van der Waals surface area contributed by atoms with Gasteiger partial charge in [0.1, 0.15) is 0 Å². The first-order valence-electron chi connectivity index (χ1n) is 2.31. The van der Waals surface area contributed by atoms with E-state index in [-0.39, 0.29) is 10.6 Å². The van der Waals surface area contributed by atoms with Crippen LogP contribution < -0.4 is 11.0 Å². The lowest BCUT2D eigenvalue weighted by atomic mass is 11.3. The molecule has 10 heteroatoms. The van der Waals surface area contributed by atoms with E-state index in [1.165, 1.54) is 0 Å². The summed E-state index contributed by atoms with van der Waals surface area (Å²) in [5.41, 5.74) is 4.37. The summed E-state index contributed by atoms with van der Waals surface area (Å²) < 4.78 is 5.98. The maximum absolute atomic E-state index is 5.27. The van der Waals surface area contributed by atoms with Gasteiger partial charge in [0.15, 0.2) is 0 Å². The molecule has 0 unspecified atom stereocenters. The van der Waals surface area contributed by atoms with E-state index in [1.54, 1.807) is 0 Å². The minimum absolute atomic E-state index is 0.102. The van der Waals surface area contributed by atoms with Crippen LogP contribution in [0, 0.1) is 0 Å². The molecular weight excluding hydrogens is 250 g/mol. The Hall–Kier alpha value is -0.300. The molecule has 0 atom stereocenters. The maximum Gasteiger partial charge on any atom is 0.256 e. The fraction of sp³-hybridized carbons (Fsp3) is 0. The van der Waals surface area contributed by atoms with E-state index < -0.39 is 0 Å². The molecule has 0 aromatic rings. The van der Waals surface area contributed by atoms with Crippen molar-refractivity contribution >= 4 is 57.3 Å². The summed E-state index contributed by atoms with van der Waals surface area (Å²) in [6.07, 6.45) is 0. The number of hydrogen-bond acceptors (Lipinski definition) is 3. The minimum Gasteiger partial charge on any atom is -0.256 e. The van der Waals surface area contributed by atoms with Crippen LogP contribution in [0.1, 0.15) is 0 Å². The minimum atomic E-state index is -0.232. The summed E-state index contributed by atoms with van der Waals surface area (Å²) in [7, 11) is 0. The van der Waals surface area contributed by atoms with E-state index in [1.807, 2.05) is 0 Å². The summed E-state index contributed by atoms with van der Waals surface area (Å²) >= 11 is 20.3. The zero-order valence-electron chi connectivity index (χ0n) is 5.30. The Labute approximate surface area is 87.8 Å². The van der Waals surface area contributed by atoms with Crippen LogP contribution in [0.15, 0.2) is 19.4 Å². The lowest BCUT2D eigenvalue weighted by Gasteiger charge is -1.96. The van der Waals surface area contributed by atoms with E-state index in [0.29, 0.717) is 0 Å². The van der Waals surface area contributed by atoms with Crippen molar-refractivity contribution in [3.8, 4) is 0 Å². The molecular formula is C2H2Cl4N6. The molecule has 0 aliphatic carbocycles. The van der Waals surface area contributed by atoms with Crippen molar-refractivity contribution < 1.29 is 0 Å². The smallest absolute Gasteiger partial charge is 0.256 e. The Balaban J connectivity index is 3.63. The number of nitrogens with zero attached hydrogens (tertiary/aromatic N) is 4. The van der Waals surface area contributed by atoms with Gasteiger partial charge in [0.25, 0.3) is 5.29 Å². The van der Waals surface area contributed by atoms with Crippen LogP contribution in [0.3, 0.4) is 0 Å². The third kappa shape index (κ3) is 6.41. The highest BCUT2D eigenvalue weighted by Crippen LogP contribution is 1.90. The van der Waals surface area contributed by atoms with Crippen LogP contribution in [-0.4, -0.2) is 10.6 Å². The molecule has 0 aromatic carbocycles. The van der Waals surface area contributed by atoms with Gasteiger partial charge in [-0.1, -0.05) is 10.3 Å². The topological polar surface area (TPSA) is 73.5 Å². The van der Waals surface area contributed by atoms with Gasteiger partial charge in [-0.3, -0.25) is 5.43 Å². The van der Waals surface area contributed by atoms with Crippen molar-refractivity contribution in [1.82, 2.24) is 11.0 Å². The van der Waals surface area contributed by atoms with Gasteiger partial charge in [0.05, 0.1) is 0 Å². The highest BCUT2D eigenvalue weighted by atomic mass is 35.5. The molecule has 0 rings (SSSR count). The quantitative estimate of drug-likeness (QED) is 0.259. The molecule has 0 fully saturated rings. The number of rotatable bonds is 2. The SMILES string of the molecule is Cl/N=C(Cl)/N=N/NN/C(Cl)=N/Cl. The van der Waals surface area contributed by atoms with Gasteiger partial charge in [-0.25, -0.2) is 0 Å². The van der Waals surface area contributed by atoms with Gasteiger partial charge in [-0.2, -0.15) is 5.53 Å². The summed E-state index contributed by atoms with van der Waals surface area (Å²) in [5.74, 6) is 0. The van der Waals surface area contributed by atoms with Crippen molar-refractivity contribution in [2.75, 3.05) is 0 Å². The Morgan fingerprint density at radius 2 is 1.75 bits per heavy atom. The van der Waals surface area contributed by atoms with E-state index in [2.05, 4.69) is 30.3 Å². The maximum atomic E-state index is 5.27. The predicted octanol–water partition coefficient (Wildman–Crippen LogP) is 1.94. The van der Waals surface area contributed by atoms with Crippen LogP contribution in [0.2, 0.25) is 0 Å². The fourth-order valence-corrected chi connectivity index (χ4v) is 0.332. The molecule has 0 heterocycles. The first kappa shape index (κ1) is 11.7. The number of hydrogen-bond donors (Lipinski definition) is 2. The van der Waals surface area contributed by atoms with Crippen LogP contribution >= 0.6 is 46.8 Å². The monoisotopic (exact) mass is 250 g/mol. The molecule has 0 saturated carbocycles. The number of nitrogens with one attached hydrogen (secondary N) is 2. The van der Waals surface area contributed by atoms with Crippen LogP contribution in [0.4, 0.5) is 0 Å². The van der Waals surface area contributed by atoms with E-state index in [0.717, 1.165) is 0 Å². The van der Waals surface area contributed by atoms with Crippen molar-refractivity contribution in [3.63, 3.8) is 0 Å². The van der Waals surface area contributed by atoms with Gasteiger partial charge in [0, 0.05) is 23.6 Å². The van der Waals surface area contributed by atoms with E-state index in [9.17, 15) is 0 Å². The lowest BCUT2D eigenvalue weighted by Crippen LogP contribution is -2.29. The highest BCUT2D eigenvalue weighted by molar-refractivity contribution is 6.66. The molecule has 0 bridgehead atoms. The average Bonchev–Trinajstić information content (AvgIpc) is 2.11. The Morgan fingerprint density at radius 1 is 1.08 bits per heavy atom. The molecule has 0 radical (unpaired) electrons. The summed E-state index contributed by atoms with van der Waals surface area (Å²) in [6.45, 7) is 0. The molecule has 6 nitrogen and oxygen atoms in total. The third-order valence-corrected chi connectivity index (χ3v) is 1.33. The molecule has 0 aromatic heterocycles. The summed E-state index contributed by atoms with van der Waals surface area (Å²) in [5, 5.41) is 6.12. The largest absolute Gasteiger partial charge is 0.256 e. The van der Waals surface area contributed by atoms with Crippen LogP contribution in [0.25, 0.3) is 0 Å². The van der Waals surface area contributed by atoms with E-state index >= 15 is 0 Å². The molecule has 2 N–H and O–H groups in total. The second kappa shape index (κ2) is 7.35. The molecule has 0 saturated heterocycles. The molecule has 0 spiro atoms. The Bertz CT molecular complexity index is 210. The number of amidine groups is 2. The van der Waals surface area contributed by atoms with Crippen molar-refractivity contribution in [1.29, 1.82) is 0 Å². The van der Waals surface area contributed by atoms with Crippen molar-refractivity contribution in [3.05, 3.63) is 0 Å². The normalized spacial score (nSPS) is 13.7. The van der Waals surface area contributed by atoms with Gasteiger partial charge in [-0.15, -0.1) is 9.02 Å². The molecule has 0 aliphatic rings. The van der Waals surface area contributed by atoms with Crippen LogP contribution in [0.5, 0.6) is 0 Å². The summed E-state index contributed by atoms with van der Waals surface area (Å²) in [6, 6.07) is 0. The van der Waals surface area contributed by atoms with Crippen LogP contribution in [-0.2, 0) is 0 Å². The molecule has 0 aliphatic heterocycles. The molecule has 12 heavy (non-hydrogen) atoms. The molecule has 0 amide bonds. The van der Waals surface area contributed by atoms with Gasteiger partial charge >= 0.3 is 0 Å². The fourth-order valence-electron chi connectivity index (χ4n) is 0.175. The average molecular weight is 252 g/mol. The van der Waals surface area contributed by atoms with Gasteiger partial charge in [0.2, 0.25) is 5.29 Å². The number of hydrazine groups is 1. The predicted molar refractivity (Wildman–Crippen MR) is 49.4 cm³/mol. The lowest BCUT2D eigenvalue weighted by molar-refractivity contribution is 0.669. The first-order valence-corrected chi connectivity index (χ1v) is 3.74. The van der Waals surface area contributed by atoms with Gasteiger partial charge < -0.3 is 0 Å². The first-order chi connectivity index (χ1) is 5.70. The second-order valence-electron chi connectivity index (χ2n) is 1.17. The zero-order chi connectivity index (χ0) is 9.40. The Morgan fingerprint density at radius 3 is 2.25 bits per heavy atom. The zero-order valence-corrected chi connectivity index (χ0v) is 8.32. The number of halogens is 4. The highest BCUT2D eigenvalue weighted by Gasteiger charge is 1.88. The van der Waals surface area contributed by atoms with Crippen molar-refractivity contribution in [2.45, 2.75) is 0 Å². The summed E-state index contributed by atoms with van der Waals surface area (Å²) in [4.78, 5) is 0. The van der Waals surface area contributed by atoms with E-state index in [4.69, 9.17) is 46.8 Å². The van der Waals surface area contributed by atoms with Gasteiger partial charge in [-0.05, 0) is 23.2 Å². The third-order valence-electron chi connectivity index (χ3n) is 0.486. The standard InChI is InChI=1S/C2H2Cl4N6/c3-1(7-5)9-11-12-10-2(4)8-6/h(H,7,9,12)(H,8,10,11). The second-order valence-corrected chi connectivity index (χ2v) is 2.20. The van der Waals surface area contributed by atoms with Crippen molar-refractivity contribution in [2.24, 2.45) is 19.4 Å². The molecule has 68 valence electrons.